The van der Waals surface area contributed by atoms with Gasteiger partial charge in [0, 0.05) is 12.6 Å². The van der Waals surface area contributed by atoms with E-state index < -0.39 is 4.92 Å². The Hall–Kier alpha value is -2.13. The van der Waals surface area contributed by atoms with Crippen LogP contribution in [0.5, 0.6) is 0 Å². The summed E-state index contributed by atoms with van der Waals surface area (Å²) < 4.78 is 0. The van der Waals surface area contributed by atoms with Crippen molar-refractivity contribution in [3.05, 3.63) is 33.9 Å². The summed E-state index contributed by atoms with van der Waals surface area (Å²) in [5, 5.41) is 22.8. The Kier molecular flexibility index (Phi) is 4.91. The monoisotopic (exact) mass is 274 g/mol. The van der Waals surface area contributed by atoms with Crippen molar-refractivity contribution in [1.82, 2.24) is 4.90 Å². The number of likely N-dealkylation sites (tertiary alicyclic amines) is 1. The van der Waals surface area contributed by atoms with Crippen molar-refractivity contribution in [1.29, 1.82) is 5.26 Å². The smallest absolute Gasteiger partial charge is 0.293 e. The van der Waals surface area contributed by atoms with E-state index in [2.05, 4.69) is 10.2 Å². The summed E-state index contributed by atoms with van der Waals surface area (Å²) in [5.41, 5.74) is 0.750. The topological polar surface area (TPSA) is 82.2 Å². The molecule has 1 fully saturated rings. The molecular formula is C14H18N4O2. The van der Waals surface area contributed by atoms with Crippen molar-refractivity contribution < 1.29 is 4.92 Å². The fraction of sp³-hybridized carbons (Fsp3) is 0.500. The van der Waals surface area contributed by atoms with E-state index in [9.17, 15) is 10.1 Å². The minimum Gasteiger partial charge on any atom is -0.379 e. The first-order chi connectivity index (χ1) is 9.70. The van der Waals surface area contributed by atoms with Gasteiger partial charge in [0.2, 0.25) is 0 Å². The number of nitrogens with one attached hydrogen (secondary N) is 1. The molecule has 1 aliphatic rings. The minimum atomic E-state index is -0.455. The average molecular weight is 274 g/mol. The van der Waals surface area contributed by atoms with Crippen LogP contribution < -0.4 is 5.32 Å². The lowest BCUT2D eigenvalue weighted by Gasteiger charge is -2.14. The molecule has 1 aromatic carbocycles. The van der Waals surface area contributed by atoms with E-state index in [0.717, 1.165) is 26.1 Å². The Bertz CT molecular complexity index is 518. The molecule has 1 heterocycles. The van der Waals surface area contributed by atoms with Crippen LogP contribution in [-0.2, 0) is 0 Å². The van der Waals surface area contributed by atoms with E-state index in [1.54, 1.807) is 12.1 Å². The van der Waals surface area contributed by atoms with Crippen LogP contribution >= 0.6 is 0 Å². The Morgan fingerprint density at radius 2 is 2.15 bits per heavy atom. The van der Waals surface area contributed by atoms with E-state index in [-0.39, 0.29) is 5.69 Å². The molecule has 20 heavy (non-hydrogen) atoms. The second kappa shape index (κ2) is 6.87. The maximum atomic E-state index is 11.0. The number of benzene rings is 1. The van der Waals surface area contributed by atoms with Crippen molar-refractivity contribution in [2.45, 2.75) is 19.3 Å². The fourth-order valence-electron chi connectivity index (χ4n) is 2.43. The lowest BCUT2D eigenvalue weighted by Crippen LogP contribution is -2.22. The standard InChI is InChI=1S/C14H18N4O2/c15-11-12-4-5-13(14(10-12)18(19)20)16-6-3-9-17-7-1-2-8-17/h4-5,10,16H,1-3,6-9H2. The molecule has 0 atom stereocenters. The SMILES string of the molecule is N#Cc1ccc(NCCCN2CCCC2)c([N+](=O)[O-])c1. The highest BCUT2D eigenvalue weighted by atomic mass is 16.6. The Balaban J connectivity index is 1.88. The van der Waals surface area contributed by atoms with Crippen molar-refractivity contribution in [3.63, 3.8) is 0 Å². The number of hydrogen-bond donors (Lipinski definition) is 1. The number of anilines is 1. The highest BCUT2D eigenvalue weighted by Crippen LogP contribution is 2.25. The lowest BCUT2D eigenvalue weighted by molar-refractivity contribution is -0.384. The van der Waals surface area contributed by atoms with Crippen LogP contribution in [0.15, 0.2) is 18.2 Å². The van der Waals surface area contributed by atoms with Gasteiger partial charge >= 0.3 is 0 Å². The van der Waals surface area contributed by atoms with Gasteiger partial charge in [-0.1, -0.05) is 0 Å². The maximum absolute atomic E-state index is 11.0. The Morgan fingerprint density at radius 1 is 1.40 bits per heavy atom. The molecule has 106 valence electrons. The maximum Gasteiger partial charge on any atom is 0.293 e. The van der Waals surface area contributed by atoms with Gasteiger partial charge in [-0.15, -0.1) is 0 Å². The molecule has 1 aromatic rings. The quantitative estimate of drug-likeness (QED) is 0.489. The first kappa shape index (κ1) is 14.3. The number of nitro benzene ring substituents is 1. The molecule has 0 bridgehead atoms. The third kappa shape index (κ3) is 3.68. The second-order valence-electron chi connectivity index (χ2n) is 4.93. The van der Waals surface area contributed by atoms with Crippen molar-refractivity contribution >= 4 is 11.4 Å². The van der Waals surface area contributed by atoms with Gasteiger partial charge in [0.1, 0.15) is 5.69 Å². The number of nitro groups is 1. The highest BCUT2D eigenvalue weighted by Gasteiger charge is 2.15. The zero-order valence-corrected chi connectivity index (χ0v) is 11.3. The molecule has 1 aliphatic heterocycles. The van der Waals surface area contributed by atoms with E-state index in [4.69, 9.17) is 5.26 Å². The van der Waals surface area contributed by atoms with Gasteiger partial charge in [-0.25, -0.2) is 0 Å². The molecule has 0 saturated carbocycles. The van der Waals surface area contributed by atoms with Crippen LogP contribution in [0.2, 0.25) is 0 Å². The molecule has 0 aliphatic carbocycles. The van der Waals surface area contributed by atoms with Crippen LogP contribution in [0.1, 0.15) is 24.8 Å². The summed E-state index contributed by atoms with van der Waals surface area (Å²) in [4.78, 5) is 12.9. The highest BCUT2D eigenvalue weighted by molar-refractivity contribution is 5.63. The number of hydrogen-bond acceptors (Lipinski definition) is 5. The molecule has 0 radical (unpaired) electrons. The third-order valence-corrected chi connectivity index (χ3v) is 3.49. The van der Waals surface area contributed by atoms with Crippen molar-refractivity contribution in [2.24, 2.45) is 0 Å². The Morgan fingerprint density at radius 3 is 2.80 bits per heavy atom. The predicted molar refractivity (Wildman–Crippen MR) is 76.6 cm³/mol. The number of nitrogens with zero attached hydrogens (tertiary/aromatic N) is 3. The van der Waals surface area contributed by atoms with E-state index in [0.29, 0.717) is 17.8 Å². The van der Waals surface area contributed by atoms with Gasteiger partial charge in [0.05, 0.1) is 16.6 Å². The molecular weight excluding hydrogens is 256 g/mol. The zero-order chi connectivity index (χ0) is 14.4. The lowest BCUT2D eigenvalue weighted by atomic mass is 10.2. The zero-order valence-electron chi connectivity index (χ0n) is 11.3. The first-order valence-corrected chi connectivity index (χ1v) is 6.85. The van der Waals surface area contributed by atoms with Gasteiger partial charge in [0.15, 0.2) is 0 Å². The number of rotatable bonds is 6. The Labute approximate surface area is 118 Å². The fourth-order valence-corrected chi connectivity index (χ4v) is 2.43. The van der Waals surface area contributed by atoms with Crippen LogP contribution in [-0.4, -0.2) is 36.0 Å². The molecule has 0 aromatic heterocycles. The summed E-state index contributed by atoms with van der Waals surface area (Å²) >= 11 is 0. The van der Waals surface area contributed by atoms with E-state index in [1.165, 1.54) is 18.9 Å². The summed E-state index contributed by atoms with van der Waals surface area (Å²) in [5.74, 6) is 0. The molecule has 0 amide bonds. The summed E-state index contributed by atoms with van der Waals surface area (Å²) in [6.45, 7) is 4.05. The molecule has 1 N–H and O–H groups in total. The normalized spacial score (nSPS) is 14.9. The van der Waals surface area contributed by atoms with E-state index >= 15 is 0 Å². The van der Waals surface area contributed by atoms with Gasteiger partial charge in [-0.3, -0.25) is 10.1 Å². The summed E-state index contributed by atoms with van der Waals surface area (Å²) in [7, 11) is 0. The van der Waals surface area contributed by atoms with Gasteiger partial charge < -0.3 is 10.2 Å². The molecule has 6 nitrogen and oxygen atoms in total. The molecule has 2 rings (SSSR count). The summed E-state index contributed by atoms with van der Waals surface area (Å²) in [6.07, 6.45) is 3.50. The molecule has 0 unspecified atom stereocenters. The number of nitriles is 1. The van der Waals surface area contributed by atoms with Crippen LogP contribution in [0.25, 0.3) is 0 Å². The first-order valence-electron chi connectivity index (χ1n) is 6.85. The summed E-state index contributed by atoms with van der Waals surface area (Å²) in [6, 6.07) is 6.42. The van der Waals surface area contributed by atoms with Crippen LogP contribution in [0.3, 0.4) is 0 Å². The second-order valence-corrected chi connectivity index (χ2v) is 4.93. The largest absolute Gasteiger partial charge is 0.379 e. The average Bonchev–Trinajstić information content (AvgIpc) is 2.96. The van der Waals surface area contributed by atoms with E-state index in [1.807, 2.05) is 6.07 Å². The molecule has 0 spiro atoms. The molecule has 6 heteroatoms. The van der Waals surface area contributed by atoms with Crippen LogP contribution in [0.4, 0.5) is 11.4 Å². The molecule has 1 saturated heterocycles. The minimum absolute atomic E-state index is 0.0368. The van der Waals surface area contributed by atoms with Crippen molar-refractivity contribution in [3.8, 4) is 6.07 Å². The van der Waals surface area contributed by atoms with Gasteiger partial charge in [-0.05, 0) is 51.0 Å². The van der Waals surface area contributed by atoms with Crippen LogP contribution in [0, 0.1) is 21.4 Å². The third-order valence-electron chi connectivity index (χ3n) is 3.49. The van der Waals surface area contributed by atoms with Gasteiger partial charge in [0.25, 0.3) is 5.69 Å². The predicted octanol–water partition coefficient (Wildman–Crippen LogP) is 2.36. The van der Waals surface area contributed by atoms with Crippen molar-refractivity contribution in [2.75, 3.05) is 31.5 Å². The van der Waals surface area contributed by atoms with Gasteiger partial charge in [-0.2, -0.15) is 5.26 Å².